The third-order valence-corrected chi connectivity index (χ3v) is 4.51. The number of piperazine rings is 1. The Balaban J connectivity index is 1.59. The van der Waals surface area contributed by atoms with Gasteiger partial charge in [-0.1, -0.05) is 12.1 Å². The van der Waals surface area contributed by atoms with E-state index < -0.39 is 0 Å². The first-order valence-corrected chi connectivity index (χ1v) is 8.25. The molecule has 116 valence electrons. The first kappa shape index (κ1) is 14.8. The van der Waals surface area contributed by atoms with Gasteiger partial charge in [0.25, 0.3) is 0 Å². The second-order valence-corrected chi connectivity index (χ2v) is 5.91. The Bertz CT molecular complexity index is 622. The second-order valence-electron chi connectivity index (χ2n) is 5.20. The molecule has 1 fully saturated rings. The van der Waals surface area contributed by atoms with E-state index in [9.17, 15) is 4.79 Å². The molecule has 0 radical (unpaired) electrons. The number of hydrogen-bond donors (Lipinski definition) is 0. The minimum atomic E-state index is 0.158. The molecule has 1 amide bonds. The number of amides is 1. The number of methoxy groups -OCH3 is 1. The van der Waals surface area contributed by atoms with Crippen LogP contribution in [0.25, 0.3) is 0 Å². The van der Waals surface area contributed by atoms with Crippen molar-refractivity contribution in [1.82, 2.24) is 9.88 Å². The quantitative estimate of drug-likeness (QED) is 0.866. The number of nitrogens with zero attached hydrogens (tertiary/aromatic N) is 3. The normalized spacial score (nSPS) is 15.0. The summed E-state index contributed by atoms with van der Waals surface area (Å²) in [5.41, 5.74) is 3.72. The predicted octanol–water partition coefficient (Wildman–Crippen LogP) is 2.04. The van der Waals surface area contributed by atoms with Crippen LogP contribution in [0.15, 0.2) is 35.2 Å². The lowest BCUT2D eigenvalue weighted by Crippen LogP contribution is -2.49. The molecule has 0 atom stereocenters. The van der Waals surface area contributed by atoms with E-state index in [1.165, 1.54) is 11.3 Å². The van der Waals surface area contributed by atoms with E-state index in [0.29, 0.717) is 6.42 Å². The fraction of sp³-hybridized carbons (Fsp3) is 0.375. The van der Waals surface area contributed by atoms with E-state index in [2.05, 4.69) is 16.0 Å². The van der Waals surface area contributed by atoms with Crippen LogP contribution in [0.3, 0.4) is 0 Å². The van der Waals surface area contributed by atoms with Gasteiger partial charge >= 0.3 is 0 Å². The van der Waals surface area contributed by atoms with E-state index in [1.54, 1.807) is 12.6 Å². The van der Waals surface area contributed by atoms with Gasteiger partial charge in [-0.2, -0.15) is 0 Å². The molecule has 22 heavy (non-hydrogen) atoms. The lowest BCUT2D eigenvalue weighted by Gasteiger charge is -2.36. The molecule has 1 saturated heterocycles. The molecule has 5 nitrogen and oxygen atoms in total. The average molecular weight is 317 g/mol. The Morgan fingerprint density at radius 1 is 1.27 bits per heavy atom. The van der Waals surface area contributed by atoms with Crippen LogP contribution >= 0.6 is 11.3 Å². The molecule has 1 aliphatic rings. The van der Waals surface area contributed by atoms with Crippen LogP contribution in [0.2, 0.25) is 0 Å². The van der Waals surface area contributed by atoms with Gasteiger partial charge in [0.15, 0.2) is 0 Å². The van der Waals surface area contributed by atoms with Crippen LogP contribution < -0.4 is 9.64 Å². The van der Waals surface area contributed by atoms with E-state index >= 15 is 0 Å². The van der Waals surface area contributed by atoms with Gasteiger partial charge in [-0.3, -0.25) is 4.79 Å². The topological polar surface area (TPSA) is 45.7 Å². The summed E-state index contributed by atoms with van der Waals surface area (Å²) in [5, 5.41) is 1.93. The standard InChI is InChI=1S/C16H19N3O2S/c1-21-15-5-3-2-4-14(15)18-6-8-19(9-7-18)16(20)10-13-11-22-12-17-13/h2-5,11-12H,6-10H2,1H3. The summed E-state index contributed by atoms with van der Waals surface area (Å²) in [6, 6.07) is 8.01. The van der Waals surface area contributed by atoms with Crippen LogP contribution in [0.4, 0.5) is 5.69 Å². The number of carbonyl (C=O) groups is 1. The Hall–Kier alpha value is -2.08. The third-order valence-electron chi connectivity index (χ3n) is 3.87. The maximum Gasteiger partial charge on any atom is 0.228 e. The molecule has 0 bridgehead atoms. The molecule has 2 aromatic rings. The van der Waals surface area contributed by atoms with Gasteiger partial charge in [0, 0.05) is 31.6 Å². The van der Waals surface area contributed by atoms with Gasteiger partial charge in [0.1, 0.15) is 5.75 Å². The Morgan fingerprint density at radius 3 is 2.73 bits per heavy atom. The lowest BCUT2D eigenvalue weighted by atomic mass is 10.2. The monoisotopic (exact) mass is 317 g/mol. The molecule has 1 aromatic carbocycles. The molecule has 0 spiro atoms. The second kappa shape index (κ2) is 6.79. The summed E-state index contributed by atoms with van der Waals surface area (Å²) < 4.78 is 5.41. The first-order valence-electron chi connectivity index (χ1n) is 7.30. The van der Waals surface area contributed by atoms with E-state index in [1.807, 2.05) is 28.5 Å². The number of para-hydroxylation sites is 2. The largest absolute Gasteiger partial charge is 0.495 e. The number of carbonyl (C=O) groups excluding carboxylic acids is 1. The zero-order valence-electron chi connectivity index (χ0n) is 12.6. The Morgan fingerprint density at radius 2 is 2.05 bits per heavy atom. The van der Waals surface area contributed by atoms with Crippen molar-refractivity contribution in [3.8, 4) is 5.75 Å². The van der Waals surface area contributed by atoms with Crippen LogP contribution in [0, 0.1) is 0 Å². The molecule has 1 aliphatic heterocycles. The van der Waals surface area contributed by atoms with Crippen molar-refractivity contribution in [3.63, 3.8) is 0 Å². The number of anilines is 1. The molecular weight excluding hydrogens is 298 g/mol. The fourth-order valence-corrected chi connectivity index (χ4v) is 3.24. The van der Waals surface area contributed by atoms with Gasteiger partial charge in [-0.15, -0.1) is 11.3 Å². The van der Waals surface area contributed by atoms with Gasteiger partial charge in [0.05, 0.1) is 30.4 Å². The van der Waals surface area contributed by atoms with Crippen molar-refractivity contribution < 1.29 is 9.53 Å². The molecule has 0 saturated carbocycles. The number of thiazole rings is 1. The van der Waals surface area contributed by atoms with Crippen molar-refractivity contribution in [2.45, 2.75) is 6.42 Å². The maximum absolute atomic E-state index is 12.3. The number of rotatable bonds is 4. The summed E-state index contributed by atoms with van der Waals surface area (Å²) >= 11 is 1.53. The van der Waals surface area contributed by atoms with Gasteiger partial charge < -0.3 is 14.5 Å². The zero-order chi connectivity index (χ0) is 15.4. The number of aromatic nitrogens is 1. The third kappa shape index (κ3) is 3.22. The molecule has 6 heteroatoms. The first-order chi connectivity index (χ1) is 10.8. The van der Waals surface area contributed by atoms with Crippen molar-refractivity contribution in [2.24, 2.45) is 0 Å². The maximum atomic E-state index is 12.3. The number of hydrogen-bond acceptors (Lipinski definition) is 5. The minimum Gasteiger partial charge on any atom is -0.495 e. The highest BCUT2D eigenvalue weighted by atomic mass is 32.1. The van der Waals surface area contributed by atoms with Crippen LogP contribution in [0.5, 0.6) is 5.75 Å². The Labute approximate surface area is 134 Å². The molecule has 3 rings (SSSR count). The van der Waals surface area contributed by atoms with Crippen LogP contribution in [-0.2, 0) is 11.2 Å². The summed E-state index contributed by atoms with van der Waals surface area (Å²) in [7, 11) is 1.69. The van der Waals surface area contributed by atoms with Crippen LogP contribution in [-0.4, -0.2) is 49.1 Å². The molecule has 0 N–H and O–H groups in total. The summed E-state index contributed by atoms with van der Waals surface area (Å²) in [4.78, 5) is 20.7. The summed E-state index contributed by atoms with van der Waals surface area (Å²) in [6.07, 6.45) is 0.401. The van der Waals surface area contributed by atoms with Crippen molar-refractivity contribution in [1.29, 1.82) is 0 Å². The zero-order valence-corrected chi connectivity index (χ0v) is 13.4. The van der Waals surface area contributed by atoms with Crippen molar-refractivity contribution in [2.75, 3.05) is 38.2 Å². The Kier molecular flexibility index (Phi) is 4.58. The number of benzene rings is 1. The highest BCUT2D eigenvalue weighted by Gasteiger charge is 2.23. The molecule has 0 aliphatic carbocycles. The van der Waals surface area contributed by atoms with Gasteiger partial charge in [-0.25, -0.2) is 4.98 Å². The predicted molar refractivity (Wildman–Crippen MR) is 87.6 cm³/mol. The lowest BCUT2D eigenvalue weighted by molar-refractivity contribution is -0.130. The molecule has 2 heterocycles. The smallest absolute Gasteiger partial charge is 0.228 e. The summed E-state index contributed by atoms with van der Waals surface area (Å²) in [5.74, 6) is 1.04. The number of ether oxygens (including phenoxy) is 1. The molecular formula is C16H19N3O2S. The molecule has 1 aromatic heterocycles. The van der Waals surface area contributed by atoms with Crippen LogP contribution in [0.1, 0.15) is 5.69 Å². The van der Waals surface area contributed by atoms with Gasteiger partial charge in [0.2, 0.25) is 5.91 Å². The van der Waals surface area contributed by atoms with E-state index in [0.717, 1.165) is 43.3 Å². The van der Waals surface area contributed by atoms with E-state index in [4.69, 9.17) is 4.74 Å². The molecule has 0 unspecified atom stereocenters. The van der Waals surface area contributed by atoms with E-state index in [-0.39, 0.29) is 5.91 Å². The average Bonchev–Trinajstić information content (AvgIpc) is 3.08. The van der Waals surface area contributed by atoms with Gasteiger partial charge in [-0.05, 0) is 12.1 Å². The van der Waals surface area contributed by atoms with Crippen molar-refractivity contribution in [3.05, 3.63) is 40.8 Å². The SMILES string of the molecule is COc1ccccc1N1CCN(C(=O)Cc2cscn2)CC1. The van der Waals surface area contributed by atoms with Crippen molar-refractivity contribution >= 4 is 22.9 Å². The highest BCUT2D eigenvalue weighted by molar-refractivity contribution is 7.07. The minimum absolute atomic E-state index is 0.158. The summed E-state index contributed by atoms with van der Waals surface area (Å²) in [6.45, 7) is 3.12. The highest BCUT2D eigenvalue weighted by Crippen LogP contribution is 2.28. The fourth-order valence-electron chi connectivity index (χ4n) is 2.68.